The van der Waals surface area contributed by atoms with Crippen LogP contribution in [0.1, 0.15) is 18.7 Å². The Morgan fingerprint density at radius 2 is 2.00 bits per heavy atom. The summed E-state index contributed by atoms with van der Waals surface area (Å²) in [5, 5.41) is 7.70. The van der Waals surface area contributed by atoms with Crippen molar-refractivity contribution in [1.29, 1.82) is 0 Å². The summed E-state index contributed by atoms with van der Waals surface area (Å²) in [4.78, 5) is 17.9. The van der Waals surface area contributed by atoms with E-state index in [4.69, 9.17) is 13.8 Å². The van der Waals surface area contributed by atoms with Crippen LogP contribution in [0.3, 0.4) is 0 Å². The highest BCUT2D eigenvalue weighted by Gasteiger charge is 2.14. The van der Waals surface area contributed by atoms with E-state index in [2.05, 4.69) is 15.3 Å². The van der Waals surface area contributed by atoms with Crippen molar-refractivity contribution in [1.82, 2.24) is 15.3 Å². The van der Waals surface area contributed by atoms with Gasteiger partial charge in [0, 0.05) is 31.5 Å². The molecule has 3 aromatic rings. The molecule has 3 rings (SSSR count). The van der Waals surface area contributed by atoms with Crippen LogP contribution in [0.5, 0.6) is 5.75 Å². The molecule has 25 heavy (non-hydrogen) atoms. The van der Waals surface area contributed by atoms with Crippen molar-refractivity contribution in [3.05, 3.63) is 42.5 Å². The van der Waals surface area contributed by atoms with Crippen molar-refractivity contribution >= 4 is 11.7 Å². The average molecular weight is 342 g/mol. The lowest BCUT2D eigenvalue weighted by Crippen LogP contribution is -2.26. The summed E-state index contributed by atoms with van der Waals surface area (Å²) in [5.74, 6) is 2.22. The van der Waals surface area contributed by atoms with Crippen LogP contribution < -0.4 is 9.64 Å². The van der Waals surface area contributed by atoms with Crippen LogP contribution >= 0.6 is 0 Å². The molecule has 0 aliphatic carbocycles. The number of aryl methyl sites for hydroxylation is 1. The van der Waals surface area contributed by atoms with Crippen molar-refractivity contribution in [2.24, 2.45) is 0 Å². The standard InChI is InChI=1S/C17H18N4O4/c1-21(14-10-11-24-19-14)16(22)5-3-4-15-18-17(20-25-15)12-6-8-13(23-2)9-7-12/h6-11H,3-5H2,1-2H3. The zero-order valence-corrected chi connectivity index (χ0v) is 14.0. The molecule has 0 N–H and O–H groups in total. The topological polar surface area (TPSA) is 94.5 Å². The van der Waals surface area contributed by atoms with E-state index in [0.717, 1.165) is 11.3 Å². The lowest BCUT2D eigenvalue weighted by molar-refractivity contribution is -0.118. The van der Waals surface area contributed by atoms with E-state index in [-0.39, 0.29) is 5.91 Å². The van der Waals surface area contributed by atoms with Crippen LogP contribution in [0.15, 0.2) is 45.6 Å². The second-order valence-corrected chi connectivity index (χ2v) is 5.40. The smallest absolute Gasteiger partial charge is 0.227 e. The molecule has 0 atom stereocenters. The molecule has 0 spiro atoms. The van der Waals surface area contributed by atoms with E-state index in [9.17, 15) is 4.79 Å². The lowest BCUT2D eigenvalue weighted by atomic mass is 10.2. The van der Waals surface area contributed by atoms with Gasteiger partial charge in [-0.25, -0.2) is 0 Å². The van der Waals surface area contributed by atoms with Gasteiger partial charge in [0.15, 0.2) is 5.82 Å². The van der Waals surface area contributed by atoms with Gasteiger partial charge in [-0.05, 0) is 30.7 Å². The Hall–Kier alpha value is -3.16. The zero-order valence-electron chi connectivity index (χ0n) is 14.0. The molecule has 0 bridgehead atoms. The highest BCUT2D eigenvalue weighted by molar-refractivity contribution is 5.91. The normalized spacial score (nSPS) is 10.6. The first-order chi connectivity index (χ1) is 12.2. The van der Waals surface area contributed by atoms with Crippen LogP contribution in [0.4, 0.5) is 5.82 Å². The maximum Gasteiger partial charge on any atom is 0.227 e. The minimum atomic E-state index is -0.0520. The van der Waals surface area contributed by atoms with Gasteiger partial charge < -0.3 is 13.8 Å². The molecule has 0 unspecified atom stereocenters. The number of ether oxygens (including phenoxy) is 1. The number of methoxy groups -OCH3 is 1. The van der Waals surface area contributed by atoms with Gasteiger partial charge in [0.2, 0.25) is 17.6 Å². The van der Waals surface area contributed by atoms with Crippen LogP contribution in [0.2, 0.25) is 0 Å². The number of anilines is 1. The Kier molecular flexibility index (Phi) is 5.08. The van der Waals surface area contributed by atoms with Gasteiger partial charge in [-0.2, -0.15) is 4.98 Å². The Bertz CT molecular complexity index is 812. The van der Waals surface area contributed by atoms with Crippen LogP contribution in [0.25, 0.3) is 11.4 Å². The fourth-order valence-corrected chi connectivity index (χ4v) is 2.28. The molecule has 8 nitrogen and oxygen atoms in total. The van der Waals surface area contributed by atoms with E-state index < -0.39 is 0 Å². The molecule has 0 fully saturated rings. The molecule has 130 valence electrons. The lowest BCUT2D eigenvalue weighted by Gasteiger charge is -2.12. The minimum absolute atomic E-state index is 0.0520. The highest BCUT2D eigenvalue weighted by atomic mass is 16.5. The Labute approximate surface area is 144 Å². The summed E-state index contributed by atoms with van der Waals surface area (Å²) in [6.07, 6.45) is 2.91. The van der Waals surface area contributed by atoms with E-state index in [0.29, 0.717) is 36.8 Å². The van der Waals surface area contributed by atoms with Crippen molar-refractivity contribution in [2.45, 2.75) is 19.3 Å². The van der Waals surface area contributed by atoms with Crippen molar-refractivity contribution < 1.29 is 18.6 Å². The third-order valence-electron chi connectivity index (χ3n) is 3.74. The number of carbonyl (C=O) groups is 1. The summed E-state index contributed by atoms with van der Waals surface area (Å²) in [6, 6.07) is 9.04. The molecule has 0 saturated heterocycles. The van der Waals surface area contributed by atoms with Gasteiger partial charge in [-0.15, -0.1) is 0 Å². The zero-order chi connectivity index (χ0) is 17.6. The molecule has 0 radical (unpaired) electrons. The van der Waals surface area contributed by atoms with E-state index in [1.165, 1.54) is 11.2 Å². The molecule has 2 heterocycles. The van der Waals surface area contributed by atoms with Crippen LogP contribution in [-0.2, 0) is 11.2 Å². The monoisotopic (exact) mass is 342 g/mol. The number of hydrogen-bond donors (Lipinski definition) is 0. The van der Waals surface area contributed by atoms with Gasteiger partial charge in [0.05, 0.1) is 7.11 Å². The summed E-state index contributed by atoms with van der Waals surface area (Å²) in [5.41, 5.74) is 0.845. The molecular formula is C17H18N4O4. The first kappa shape index (κ1) is 16.7. The van der Waals surface area contributed by atoms with Crippen molar-refractivity contribution in [2.75, 3.05) is 19.1 Å². The van der Waals surface area contributed by atoms with E-state index in [1.54, 1.807) is 20.2 Å². The fraction of sp³-hybridized carbons (Fsp3) is 0.294. The summed E-state index contributed by atoms with van der Waals surface area (Å²) in [7, 11) is 3.28. The Morgan fingerprint density at radius 3 is 2.68 bits per heavy atom. The fourth-order valence-electron chi connectivity index (χ4n) is 2.28. The SMILES string of the molecule is COc1ccc(-c2noc(CCCC(=O)N(C)c3ccon3)n2)cc1. The van der Waals surface area contributed by atoms with Crippen molar-refractivity contribution in [3.63, 3.8) is 0 Å². The summed E-state index contributed by atoms with van der Waals surface area (Å²) < 4.78 is 15.1. The number of amides is 1. The number of carbonyl (C=O) groups excluding carboxylic acids is 1. The maximum atomic E-state index is 12.1. The predicted octanol–water partition coefficient (Wildman–Crippen LogP) is 2.72. The highest BCUT2D eigenvalue weighted by Crippen LogP contribution is 2.20. The molecule has 0 aliphatic rings. The number of aromatic nitrogens is 3. The van der Waals surface area contributed by atoms with Gasteiger partial charge in [0.1, 0.15) is 12.0 Å². The number of rotatable bonds is 7. The van der Waals surface area contributed by atoms with Crippen LogP contribution in [0, 0.1) is 0 Å². The van der Waals surface area contributed by atoms with Crippen LogP contribution in [-0.4, -0.2) is 35.4 Å². The third-order valence-corrected chi connectivity index (χ3v) is 3.74. The molecule has 0 aliphatic heterocycles. The first-order valence-electron chi connectivity index (χ1n) is 7.81. The summed E-state index contributed by atoms with van der Waals surface area (Å²) in [6.45, 7) is 0. The number of hydrogen-bond acceptors (Lipinski definition) is 7. The van der Waals surface area contributed by atoms with Gasteiger partial charge >= 0.3 is 0 Å². The molecular weight excluding hydrogens is 324 g/mol. The largest absolute Gasteiger partial charge is 0.497 e. The molecule has 1 aromatic carbocycles. The maximum absolute atomic E-state index is 12.1. The second kappa shape index (κ2) is 7.61. The minimum Gasteiger partial charge on any atom is -0.497 e. The predicted molar refractivity (Wildman–Crippen MR) is 89.1 cm³/mol. The third kappa shape index (κ3) is 4.03. The Balaban J connectivity index is 1.52. The van der Waals surface area contributed by atoms with Gasteiger partial charge in [0.25, 0.3) is 0 Å². The molecule has 1 amide bonds. The van der Waals surface area contributed by atoms with Gasteiger partial charge in [-0.3, -0.25) is 9.69 Å². The average Bonchev–Trinajstić information content (AvgIpc) is 3.33. The van der Waals surface area contributed by atoms with Crippen molar-refractivity contribution in [3.8, 4) is 17.1 Å². The van der Waals surface area contributed by atoms with E-state index >= 15 is 0 Å². The molecule has 2 aromatic heterocycles. The number of nitrogens with zero attached hydrogens (tertiary/aromatic N) is 4. The number of benzene rings is 1. The first-order valence-corrected chi connectivity index (χ1v) is 7.81. The molecule has 0 saturated carbocycles. The van der Waals surface area contributed by atoms with E-state index in [1.807, 2.05) is 24.3 Å². The quantitative estimate of drug-likeness (QED) is 0.651. The van der Waals surface area contributed by atoms with Gasteiger partial charge in [-0.1, -0.05) is 10.3 Å². The molecule has 8 heteroatoms. The second-order valence-electron chi connectivity index (χ2n) is 5.40. The Morgan fingerprint density at radius 1 is 1.20 bits per heavy atom. The summed E-state index contributed by atoms with van der Waals surface area (Å²) >= 11 is 0.